The van der Waals surface area contributed by atoms with E-state index >= 15 is 0 Å². The standard InChI is InChI=1S/C13H20ClN/c14-10-12-15-11-6-2-5-9-13-7-3-1-4-8-13/h1,3-4,7-8,15H,2,5-6,9-12H2. The molecule has 0 unspecified atom stereocenters. The van der Waals surface area contributed by atoms with E-state index in [1.54, 1.807) is 0 Å². The van der Waals surface area contributed by atoms with Crippen LogP contribution in [0.1, 0.15) is 24.8 Å². The van der Waals surface area contributed by atoms with Gasteiger partial charge in [-0.3, -0.25) is 0 Å². The smallest absolute Gasteiger partial charge is 0.0348 e. The molecule has 0 spiro atoms. The van der Waals surface area contributed by atoms with E-state index in [-0.39, 0.29) is 0 Å². The van der Waals surface area contributed by atoms with Gasteiger partial charge < -0.3 is 5.32 Å². The van der Waals surface area contributed by atoms with Crippen molar-refractivity contribution in [3.05, 3.63) is 35.9 Å². The lowest BCUT2D eigenvalue weighted by Crippen LogP contribution is -2.17. The van der Waals surface area contributed by atoms with Crippen molar-refractivity contribution in [1.82, 2.24) is 5.32 Å². The second-order valence-corrected chi connectivity index (χ2v) is 4.11. The quantitative estimate of drug-likeness (QED) is 0.529. The Morgan fingerprint density at radius 3 is 2.47 bits per heavy atom. The first-order valence-electron chi connectivity index (χ1n) is 5.74. The molecule has 0 aliphatic heterocycles. The van der Waals surface area contributed by atoms with Crippen LogP contribution in [0.2, 0.25) is 0 Å². The Morgan fingerprint density at radius 2 is 1.73 bits per heavy atom. The van der Waals surface area contributed by atoms with E-state index in [1.165, 1.54) is 31.2 Å². The first-order chi connectivity index (χ1) is 7.43. The van der Waals surface area contributed by atoms with Crippen molar-refractivity contribution in [3.63, 3.8) is 0 Å². The molecule has 0 bridgehead atoms. The lowest BCUT2D eigenvalue weighted by Gasteiger charge is -2.03. The summed E-state index contributed by atoms with van der Waals surface area (Å²) in [4.78, 5) is 0. The molecule has 84 valence electrons. The maximum absolute atomic E-state index is 5.56. The molecule has 0 aliphatic rings. The van der Waals surface area contributed by atoms with Crippen LogP contribution < -0.4 is 5.32 Å². The molecule has 15 heavy (non-hydrogen) atoms. The van der Waals surface area contributed by atoms with Crippen LogP contribution >= 0.6 is 11.6 Å². The predicted molar refractivity (Wildman–Crippen MR) is 67.6 cm³/mol. The average Bonchev–Trinajstić information content (AvgIpc) is 2.29. The van der Waals surface area contributed by atoms with E-state index in [0.717, 1.165) is 13.1 Å². The molecule has 0 atom stereocenters. The molecule has 1 aromatic rings. The SMILES string of the molecule is ClCCNCCCCCc1ccccc1. The normalized spacial score (nSPS) is 10.5. The lowest BCUT2D eigenvalue weighted by atomic mass is 10.1. The highest BCUT2D eigenvalue weighted by Crippen LogP contribution is 2.05. The van der Waals surface area contributed by atoms with Crippen molar-refractivity contribution in [3.8, 4) is 0 Å². The molecule has 0 fully saturated rings. The molecule has 0 aromatic heterocycles. The predicted octanol–water partition coefficient (Wildman–Crippen LogP) is 3.23. The molecular weight excluding hydrogens is 206 g/mol. The summed E-state index contributed by atoms with van der Waals surface area (Å²) in [5.74, 6) is 0.712. The van der Waals surface area contributed by atoms with Crippen LogP contribution in [0.3, 0.4) is 0 Å². The fourth-order valence-electron chi connectivity index (χ4n) is 1.59. The number of unbranched alkanes of at least 4 members (excludes halogenated alkanes) is 2. The molecule has 0 heterocycles. The van der Waals surface area contributed by atoms with Gasteiger partial charge in [0.05, 0.1) is 0 Å². The Morgan fingerprint density at radius 1 is 0.933 bits per heavy atom. The minimum atomic E-state index is 0.712. The van der Waals surface area contributed by atoms with E-state index in [2.05, 4.69) is 35.6 Å². The number of aryl methyl sites for hydroxylation is 1. The number of nitrogens with one attached hydrogen (secondary N) is 1. The molecule has 0 aliphatic carbocycles. The Bertz CT molecular complexity index is 236. The zero-order chi connectivity index (χ0) is 10.8. The van der Waals surface area contributed by atoms with Gasteiger partial charge in [-0.1, -0.05) is 36.8 Å². The molecule has 1 nitrogen and oxygen atoms in total. The van der Waals surface area contributed by atoms with Crippen molar-refractivity contribution in [2.24, 2.45) is 0 Å². The summed E-state index contributed by atoms with van der Waals surface area (Å²) in [6.45, 7) is 2.03. The maximum Gasteiger partial charge on any atom is 0.0348 e. The number of hydrogen-bond acceptors (Lipinski definition) is 1. The first-order valence-corrected chi connectivity index (χ1v) is 6.27. The van der Waals surface area contributed by atoms with Crippen molar-refractivity contribution < 1.29 is 0 Å². The third kappa shape index (κ3) is 6.53. The van der Waals surface area contributed by atoms with Gasteiger partial charge in [0.2, 0.25) is 0 Å². The second-order valence-electron chi connectivity index (χ2n) is 3.74. The van der Waals surface area contributed by atoms with Crippen LogP contribution in [0.25, 0.3) is 0 Å². The monoisotopic (exact) mass is 225 g/mol. The van der Waals surface area contributed by atoms with Gasteiger partial charge in [-0.15, -0.1) is 11.6 Å². The van der Waals surface area contributed by atoms with E-state index in [0.29, 0.717) is 5.88 Å². The second kappa shape index (κ2) is 8.75. The maximum atomic E-state index is 5.56. The summed E-state index contributed by atoms with van der Waals surface area (Å²) >= 11 is 5.56. The molecule has 0 saturated carbocycles. The number of rotatable bonds is 8. The van der Waals surface area contributed by atoms with Gasteiger partial charge in [-0.2, -0.15) is 0 Å². The summed E-state index contributed by atoms with van der Waals surface area (Å²) in [6.07, 6.45) is 5.04. The van der Waals surface area contributed by atoms with Gasteiger partial charge in [0, 0.05) is 12.4 Å². The minimum absolute atomic E-state index is 0.712. The Labute approximate surface area is 97.8 Å². The van der Waals surface area contributed by atoms with Crippen LogP contribution in [-0.4, -0.2) is 19.0 Å². The number of halogens is 1. The molecule has 0 radical (unpaired) electrons. The van der Waals surface area contributed by atoms with Gasteiger partial charge in [0.1, 0.15) is 0 Å². The van der Waals surface area contributed by atoms with E-state index in [9.17, 15) is 0 Å². The lowest BCUT2D eigenvalue weighted by molar-refractivity contribution is 0.618. The third-order valence-corrected chi connectivity index (χ3v) is 2.62. The summed E-state index contributed by atoms with van der Waals surface area (Å²) in [5, 5.41) is 3.30. The van der Waals surface area contributed by atoms with Crippen LogP contribution in [0.4, 0.5) is 0 Å². The largest absolute Gasteiger partial charge is 0.316 e. The Kier molecular flexibility index (Phi) is 7.32. The van der Waals surface area contributed by atoms with Gasteiger partial charge in [0.25, 0.3) is 0 Å². The van der Waals surface area contributed by atoms with Crippen molar-refractivity contribution >= 4 is 11.6 Å². The van der Waals surface area contributed by atoms with Crippen molar-refractivity contribution in [1.29, 1.82) is 0 Å². The molecule has 2 heteroatoms. The molecule has 0 saturated heterocycles. The number of benzene rings is 1. The average molecular weight is 226 g/mol. The van der Waals surface area contributed by atoms with E-state index in [4.69, 9.17) is 11.6 Å². The Hall–Kier alpha value is -0.530. The van der Waals surface area contributed by atoms with Gasteiger partial charge in [0.15, 0.2) is 0 Å². The van der Waals surface area contributed by atoms with Crippen LogP contribution in [-0.2, 0) is 6.42 Å². The topological polar surface area (TPSA) is 12.0 Å². The van der Waals surface area contributed by atoms with Crippen molar-refractivity contribution in [2.45, 2.75) is 25.7 Å². The molecule has 0 amide bonds. The van der Waals surface area contributed by atoms with Gasteiger partial charge in [-0.05, 0) is 31.4 Å². The van der Waals surface area contributed by atoms with Crippen molar-refractivity contribution in [2.75, 3.05) is 19.0 Å². The third-order valence-electron chi connectivity index (χ3n) is 2.43. The first kappa shape index (κ1) is 12.5. The molecule has 1 rings (SSSR count). The highest BCUT2D eigenvalue weighted by atomic mass is 35.5. The molecule has 1 aromatic carbocycles. The minimum Gasteiger partial charge on any atom is -0.316 e. The zero-order valence-electron chi connectivity index (χ0n) is 9.21. The van der Waals surface area contributed by atoms with Crippen LogP contribution in [0.5, 0.6) is 0 Å². The summed E-state index contributed by atoms with van der Waals surface area (Å²) < 4.78 is 0. The summed E-state index contributed by atoms with van der Waals surface area (Å²) in [6, 6.07) is 10.7. The summed E-state index contributed by atoms with van der Waals surface area (Å²) in [5.41, 5.74) is 1.45. The van der Waals surface area contributed by atoms with E-state index < -0.39 is 0 Å². The molecular formula is C13H20ClN. The number of alkyl halides is 1. The summed E-state index contributed by atoms with van der Waals surface area (Å²) in [7, 11) is 0. The molecule has 1 N–H and O–H groups in total. The zero-order valence-corrected chi connectivity index (χ0v) is 9.97. The Balaban J connectivity index is 1.93. The fourth-order valence-corrected chi connectivity index (χ4v) is 1.73. The van der Waals surface area contributed by atoms with E-state index in [1.807, 2.05) is 0 Å². The van der Waals surface area contributed by atoms with Crippen LogP contribution in [0, 0.1) is 0 Å². The van der Waals surface area contributed by atoms with Crippen LogP contribution in [0.15, 0.2) is 30.3 Å². The van der Waals surface area contributed by atoms with Gasteiger partial charge >= 0.3 is 0 Å². The fraction of sp³-hybridized carbons (Fsp3) is 0.538. The highest BCUT2D eigenvalue weighted by Gasteiger charge is 1.92. The van der Waals surface area contributed by atoms with Gasteiger partial charge in [-0.25, -0.2) is 0 Å². The highest BCUT2D eigenvalue weighted by molar-refractivity contribution is 6.18. The number of hydrogen-bond donors (Lipinski definition) is 1.